The van der Waals surface area contributed by atoms with Gasteiger partial charge in [0.15, 0.2) is 0 Å². The van der Waals surface area contributed by atoms with Gasteiger partial charge in [-0.15, -0.1) is 12.4 Å². The number of hydrogen-bond donors (Lipinski definition) is 1. The van der Waals surface area contributed by atoms with Gasteiger partial charge in [-0.2, -0.15) is 0 Å². The van der Waals surface area contributed by atoms with E-state index in [1.165, 1.54) is 16.7 Å². The smallest absolute Gasteiger partial charge is 0.227 e. The number of carbonyl (C=O) groups excluding carboxylic acids is 1. The number of nitrogens with two attached hydrogens (primary N) is 1. The molecule has 0 bridgehead atoms. The Morgan fingerprint density at radius 1 is 1.45 bits per heavy atom. The minimum Gasteiger partial charge on any atom is -0.335 e. The number of hydrogen-bond acceptors (Lipinski definition) is 2. The Hall–Kier alpha value is -1.06. The number of likely N-dealkylation sites (tertiary alicyclic amines) is 1. The summed E-state index contributed by atoms with van der Waals surface area (Å²) in [5.41, 5.74) is 9.54. The van der Waals surface area contributed by atoms with E-state index in [1.807, 2.05) is 11.8 Å². The fourth-order valence-corrected chi connectivity index (χ4v) is 2.87. The van der Waals surface area contributed by atoms with Crippen LogP contribution in [0.4, 0.5) is 0 Å². The molecule has 1 saturated heterocycles. The zero-order valence-corrected chi connectivity index (χ0v) is 13.4. The minimum atomic E-state index is -0.0780. The van der Waals surface area contributed by atoms with Gasteiger partial charge in [0.25, 0.3) is 0 Å². The second-order valence-electron chi connectivity index (χ2n) is 5.62. The van der Waals surface area contributed by atoms with Crippen molar-refractivity contribution in [1.82, 2.24) is 4.90 Å². The maximum absolute atomic E-state index is 12.4. The highest BCUT2D eigenvalue weighted by atomic mass is 35.5. The summed E-state index contributed by atoms with van der Waals surface area (Å²) in [6.07, 6.45) is 2.15. The van der Waals surface area contributed by atoms with Gasteiger partial charge in [0.1, 0.15) is 0 Å². The lowest BCUT2D eigenvalue weighted by molar-refractivity contribution is -0.135. The molecule has 1 fully saturated rings. The monoisotopic (exact) mass is 296 g/mol. The van der Waals surface area contributed by atoms with E-state index >= 15 is 0 Å². The highest BCUT2D eigenvalue weighted by Gasteiger charge is 2.32. The maximum Gasteiger partial charge on any atom is 0.227 e. The van der Waals surface area contributed by atoms with Gasteiger partial charge in [0.2, 0.25) is 5.91 Å². The molecule has 0 spiro atoms. The van der Waals surface area contributed by atoms with Crippen LogP contribution in [0.1, 0.15) is 42.5 Å². The first kappa shape index (κ1) is 17.0. The molecule has 0 aliphatic carbocycles. The molecule has 1 heterocycles. The fourth-order valence-electron chi connectivity index (χ4n) is 2.87. The van der Waals surface area contributed by atoms with Crippen LogP contribution in [0.15, 0.2) is 18.2 Å². The molecule has 112 valence electrons. The minimum absolute atomic E-state index is 0. The van der Waals surface area contributed by atoms with Gasteiger partial charge < -0.3 is 10.6 Å². The van der Waals surface area contributed by atoms with E-state index in [4.69, 9.17) is 5.73 Å². The Morgan fingerprint density at radius 3 is 2.80 bits per heavy atom. The van der Waals surface area contributed by atoms with Crippen LogP contribution in [0.5, 0.6) is 0 Å². The quantitative estimate of drug-likeness (QED) is 0.932. The lowest BCUT2D eigenvalue weighted by Gasteiger charge is -2.29. The third-order valence-corrected chi connectivity index (χ3v) is 4.32. The van der Waals surface area contributed by atoms with Gasteiger partial charge in [-0.05, 0) is 43.4 Å². The molecule has 2 unspecified atom stereocenters. The number of nitrogens with zero attached hydrogens (tertiary/aromatic N) is 1. The van der Waals surface area contributed by atoms with Crippen LogP contribution in [0.25, 0.3) is 0 Å². The Labute approximate surface area is 127 Å². The molecule has 1 aromatic rings. The third kappa shape index (κ3) is 3.15. The van der Waals surface area contributed by atoms with Crippen molar-refractivity contribution < 1.29 is 4.79 Å². The normalized spacial score (nSPS) is 19.6. The second-order valence-corrected chi connectivity index (χ2v) is 5.62. The van der Waals surface area contributed by atoms with Crippen LogP contribution in [-0.4, -0.2) is 23.9 Å². The average Bonchev–Trinajstić information content (AvgIpc) is 2.89. The summed E-state index contributed by atoms with van der Waals surface area (Å²) in [5, 5.41) is 0. The molecule has 0 saturated carbocycles. The van der Waals surface area contributed by atoms with E-state index in [1.54, 1.807) is 0 Å². The van der Waals surface area contributed by atoms with Crippen molar-refractivity contribution in [3.63, 3.8) is 0 Å². The van der Waals surface area contributed by atoms with Crippen molar-refractivity contribution in [2.75, 3.05) is 13.1 Å². The molecular weight excluding hydrogens is 272 g/mol. The Morgan fingerprint density at radius 2 is 2.15 bits per heavy atom. The Bertz CT molecular complexity index is 476. The van der Waals surface area contributed by atoms with E-state index < -0.39 is 0 Å². The van der Waals surface area contributed by atoms with Gasteiger partial charge in [-0.3, -0.25) is 4.79 Å². The van der Waals surface area contributed by atoms with Gasteiger partial charge in [-0.1, -0.05) is 25.1 Å². The van der Waals surface area contributed by atoms with Crippen molar-refractivity contribution >= 4 is 18.3 Å². The van der Waals surface area contributed by atoms with E-state index in [-0.39, 0.29) is 30.3 Å². The molecule has 2 N–H and O–H groups in total. The summed E-state index contributed by atoms with van der Waals surface area (Å²) in [6, 6.07) is 6.61. The predicted molar refractivity (Wildman–Crippen MR) is 85.1 cm³/mol. The summed E-state index contributed by atoms with van der Waals surface area (Å²) in [7, 11) is 0. The highest BCUT2D eigenvalue weighted by molar-refractivity contribution is 5.85. The van der Waals surface area contributed by atoms with Gasteiger partial charge in [0.05, 0.1) is 6.04 Å². The summed E-state index contributed by atoms with van der Waals surface area (Å²) < 4.78 is 0. The largest absolute Gasteiger partial charge is 0.335 e. The van der Waals surface area contributed by atoms with E-state index in [2.05, 4.69) is 32.0 Å². The number of amides is 1. The van der Waals surface area contributed by atoms with Crippen molar-refractivity contribution in [2.45, 2.75) is 39.7 Å². The van der Waals surface area contributed by atoms with Gasteiger partial charge in [-0.25, -0.2) is 0 Å². The van der Waals surface area contributed by atoms with Crippen molar-refractivity contribution in [3.8, 4) is 0 Å². The van der Waals surface area contributed by atoms with Crippen molar-refractivity contribution in [2.24, 2.45) is 11.7 Å². The molecule has 1 aliphatic heterocycles. The Kier molecular flexibility index (Phi) is 6.03. The molecule has 1 amide bonds. The molecule has 1 aliphatic rings. The average molecular weight is 297 g/mol. The molecule has 2 atom stereocenters. The maximum atomic E-state index is 12.4. The molecule has 1 aromatic carbocycles. The Balaban J connectivity index is 0.00000200. The van der Waals surface area contributed by atoms with Gasteiger partial charge in [0, 0.05) is 19.0 Å². The topological polar surface area (TPSA) is 46.3 Å². The van der Waals surface area contributed by atoms with Crippen molar-refractivity contribution in [3.05, 3.63) is 34.9 Å². The van der Waals surface area contributed by atoms with Crippen LogP contribution in [0.3, 0.4) is 0 Å². The van der Waals surface area contributed by atoms with Crippen LogP contribution in [0, 0.1) is 19.8 Å². The number of rotatable bonds is 3. The van der Waals surface area contributed by atoms with E-state index in [0.29, 0.717) is 6.54 Å². The van der Waals surface area contributed by atoms with Crippen LogP contribution in [-0.2, 0) is 4.79 Å². The lowest BCUT2D eigenvalue weighted by atomic mass is 9.95. The third-order valence-electron chi connectivity index (χ3n) is 4.32. The lowest BCUT2D eigenvalue weighted by Crippen LogP contribution is -2.37. The van der Waals surface area contributed by atoms with Crippen LogP contribution in [0.2, 0.25) is 0 Å². The molecule has 20 heavy (non-hydrogen) atoms. The number of aryl methyl sites for hydroxylation is 1. The first-order valence-electron chi connectivity index (χ1n) is 7.13. The molecule has 0 aromatic heterocycles. The van der Waals surface area contributed by atoms with Crippen LogP contribution < -0.4 is 5.73 Å². The summed E-state index contributed by atoms with van der Waals surface area (Å²) in [5.74, 6) is 0.122. The number of benzene rings is 1. The van der Waals surface area contributed by atoms with Gasteiger partial charge >= 0.3 is 0 Å². The first-order chi connectivity index (χ1) is 9.06. The van der Waals surface area contributed by atoms with Crippen LogP contribution >= 0.6 is 12.4 Å². The fraction of sp³-hybridized carbons (Fsp3) is 0.562. The van der Waals surface area contributed by atoms with Crippen molar-refractivity contribution in [1.29, 1.82) is 0 Å². The highest BCUT2D eigenvalue weighted by Crippen LogP contribution is 2.35. The molecule has 4 heteroatoms. The standard InChI is InChI=1S/C16H24N2O.ClH/c1-11-6-4-7-14(13(11)3)15-8-5-9-18(15)16(19)12(2)10-17;/h4,6-7,12,15H,5,8-10,17H2,1-3H3;1H. The molecule has 0 radical (unpaired) electrons. The van der Waals surface area contributed by atoms with E-state index in [0.717, 1.165) is 19.4 Å². The summed E-state index contributed by atoms with van der Waals surface area (Å²) in [4.78, 5) is 14.4. The zero-order chi connectivity index (χ0) is 14.0. The SMILES string of the molecule is Cc1cccc(C2CCCN2C(=O)C(C)CN)c1C.Cl. The molecule has 3 nitrogen and oxygen atoms in total. The number of carbonyl (C=O) groups is 1. The predicted octanol–water partition coefficient (Wildman–Crippen LogP) is 2.98. The van der Waals surface area contributed by atoms with E-state index in [9.17, 15) is 4.79 Å². The summed E-state index contributed by atoms with van der Waals surface area (Å²) >= 11 is 0. The second kappa shape index (κ2) is 7.09. The number of halogens is 1. The first-order valence-corrected chi connectivity index (χ1v) is 7.13. The summed E-state index contributed by atoms with van der Waals surface area (Å²) in [6.45, 7) is 7.48. The zero-order valence-electron chi connectivity index (χ0n) is 12.6. The molecule has 2 rings (SSSR count). The molecular formula is C16H25ClN2O.